The van der Waals surface area contributed by atoms with Gasteiger partial charge in [-0.25, -0.2) is 0 Å². The number of halogens is 1. The van der Waals surface area contributed by atoms with Gasteiger partial charge in [0.05, 0.1) is 5.41 Å². The number of hydrogen-bond acceptors (Lipinski definition) is 2. The van der Waals surface area contributed by atoms with Crippen molar-refractivity contribution in [3.05, 3.63) is 33.4 Å². The van der Waals surface area contributed by atoms with E-state index in [1.807, 2.05) is 13.8 Å². The fraction of sp³-hybridized carbons (Fsp3) is 0.462. The smallest absolute Gasteiger partial charge is 0.224 e. The molecule has 0 radical (unpaired) electrons. The quantitative estimate of drug-likeness (QED) is 0.805. The summed E-state index contributed by atoms with van der Waals surface area (Å²) in [5.41, 5.74) is 6.03. The summed E-state index contributed by atoms with van der Waals surface area (Å²) in [6.45, 7) is 6.36. The van der Waals surface area contributed by atoms with Gasteiger partial charge in [-0.3, -0.25) is 4.79 Å². The number of rotatable bonds is 5. The normalized spacial score (nSPS) is 13.4. The van der Waals surface area contributed by atoms with Crippen LogP contribution in [-0.2, 0) is 4.79 Å². The number of benzene rings is 1. The molecule has 0 bridgehead atoms. The van der Waals surface area contributed by atoms with Crippen molar-refractivity contribution < 1.29 is 4.79 Å². The van der Waals surface area contributed by atoms with E-state index in [9.17, 15) is 4.79 Å². The van der Waals surface area contributed by atoms with Crippen LogP contribution in [-0.4, -0.2) is 12.5 Å². The maximum Gasteiger partial charge on any atom is 0.224 e. The Bertz CT molecular complexity index is 387. The van der Waals surface area contributed by atoms with Crippen molar-refractivity contribution in [3.8, 4) is 0 Å². The predicted octanol–water partition coefficient (Wildman–Crippen LogP) is 2.45. The number of hydrogen-bond donors (Lipinski definition) is 2. The zero-order valence-electron chi connectivity index (χ0n) is 10.5. The minimum Gasteiger partial charge on any atom is -0.369 e. The summed E-state index contributed by atoms with van der Waals surface area (Å²) in [7, 11) is 0. The lowest BCUT2D eigenvalue weighted by molar-refractivity contribution is -0.125. The molecule has 0 heterocycles. The Morgan fingerprint density at radius 2 is 1.94 bits per heavy atom. The Morgan fingerprint density at radius 1 is 1.41 bits per heavy atom. The van der Waals surface area contributed by atoms with Crippen molar-refractivity contribution in [2.75, 3.05) is 6.54 Å². The van der Waals surface area contributed by atoms with Crippen LogP contribution in [0.3, 0.4) is 0 Å². The monoisotopic (exact) mass is 346 g/mol. The summed E-state index contributed by atoms with van der Waals surface area (Å²) >= 11 is 2.28. The molecule has 94 valence electrons. The largest absolute Gasteiger partial charge is 0.369 e. The van der Waals surface area contributed by atoms with Crippen molar-refractivity contribution in [2.24, 2.45) is 11.1 Å². The molecule has 0 saturated carbocycles. The Balaban J connectivity index is 2.58. The van der Waals surface area contributed by atoms with E-state index in [0.717, 1.165) is 0 Å². The summed E-state index contributed by atoms with van der Waals surface area (Å²) in [4.78, 5) is 11.2. The van der Waals surface area contributed by atoms with Crippen molar-refractivity contribution in [1.29, 1.82) is 0 Å². The second-order valence-corrected chi connectivity index (χ2v) is 6.15. The first-order chi connectivity index (χ1) is 7.83. The molecule has 3 nitrogen and oxygen atoms in total. The van der Waals surface area contributed by atoms with Gasteiger partial charge in [0.25, 0.3) is 0 Å². The fourth-order valence-corrected chi connectivity index (χ4v) is 1.72. The molecular weight excluding hydrogens is 327 g/mol. The van der Waals surface area contributed by atoms with Crippen molar-refractivity contribution in [1.82, 2.24) is 5.32 Å². The zero-order chi connectivity index (χ0) is 13.1. The van der Waals surface area contributed by atoms with Crippen LogP contribution in [0.2, 0.25) is 0 Å². The standard InChI is InChI=1S/C13H19IN2O/c1-9(10-4-6-11(14)7-5-10)16-8-13(2,3)12(15)17/h4-7,9,16H,8H2,1-3H3,(H2,15,17). The molecule has 1 aromatic carbocycles. The number of nitrogens with one attached hydrogen (secondary N) is 1. The Labute approximate surface area is 116 Å². The molecule has 0 aromatic heterocycles. The molecule has 4 heteroatoms. The van der Waals surface area contributed by atoms with E-state index in [4.69, 9.17) is 5.73 Å². The molecule has 0 aliphatic carbocycles. The topological polar surface area (TPSA) is 55.1 Å². The molecule has 1 rings (SSSR count). The van der Waals surface area contributed by atoms with Crippen LogP contribution >= 0.6 is 22.6 Å². The summed E-state index contributed by atoms with van der Waals surface area (Å²) < 4.78 is 1.22. The minimum absolute atomic E-state index is 0.214. The average molecular weight is 346 g/mol. The lowest BCUT2D eigenvalue weighted by atomic mass is 9.92. The Morgan fingerprint density at radius 3 is 2.41 bits per heavy atom. The van der Waals surface area contributed by atoms with Crippen LogP contribution in [0, 0.1) is 8.99 Å². The molecule has 0 spiro atoms. The van der Waals surface area contributed by atoms with E-state index in [1.165, 1.54) is 9.13 Å². The van der Waals surface area contributed by atoms with Crippen LogP contribution in [0.1, 0.15) is 32.4 Å². The molecule has 0 aliphatic heterocycles. The van der Waals surface area contributed by atoms with Gasteiger partial charge in [-0.05, 0) is 61.1 Å². The van der Waals surface area contributed by atoms with E-state index in [1.54, 1.807) is 0 Å². The number of carbonyl (C=O) groups excluding carboxylic acids is 1. The molecule has 3 N–H and O–H groups in total. The second kappa shape index (κ2) is 5.82. The van der Waals surface area contributed by atoms with E-state index >= 15 is 0 Å². The molecule has 1 atom stereocenters. The van der Waals surface area contributed by atoms with Crippen LogP contribution in [0.15, 0.2) is 24.3 Å². The van der Waals surface area contributed by atoms with Gasteiger partial charge in [-0.15, -0.1) is 0 Å². The van der Waals surface area contributed by atoms with E-state index in [2.05, 4.69) is 59.1 Å². The Kier molecular flexibility index (Phi) is 4.94. The summed E-state index contributed by atoms with van der Waals surface area (Å²) in [6, 6.07) is 8.55. The van der Waals surface area contributed by atoms with Gasteiger partial charge in [-0.1, -0.05) is 12.1 Å². The molecule has 1 unspecified atom stereocenters. The summed E-state index contributed by atoms with van der Waals surface area (Å²) in [5, 5.41) is 3.34. The van der Waals surface area contributed by atoms with Crippen molar-refractivity contribution >= 4 is 28.5 Å². The van der Waals surface area contributed by atoms with Gasteiger partial charge in [0.2, 0.25) is 5.91 Å². The third-order valence-corrected chi connectivity index (χ3v) is 3.61. The number of carbonyl (C=O) groups is 1. The molecule has 17 heavy (non-hydrogen) atoms. The van der Waals surface area contributed by atoms with Crippen LogP contribution in [0.4, 0.5) is 0 Å². The zero-order valence-corrected chi connectivity index (χ0v) is 12.6. The second-order valence-electron chi connectivity index (χ2n) is 4.90. The molecule has 1 aromatic rings. The summed E-state index contributed by atoms with van der Waals surface area (Å²) in [5.74, 6) is -0.278. The Hall–Kier alpha value is -0.620. The van der Waals surface area contributed by atoms with Gasteiger partial charge in [0.1, 0.15) is 0 Å². The lowest BCUT2D eigenvalue weighted by Crippen LogP contribution is -2.41. The van der Waals surface area contributed by atoms with Gasteiger partial charge in [0.15, 0.2) is 0 Å². The SMILES string of the molecule is CC(NCC(C)(C)C(N)=O)c1ccc(I)cc1. The van der Waals surface area contributed by atoms with Gasteiger partial charge < -0.3 is 11.1 Å². The van der Waals surface area contributed by atoms with Gasteiger partial charge in [0, 0.05) is 16.2 Å². The first-order valence-corrected chi connectivity index (χ1v) is 6.69. The summed E-state index contributed by atoms with van der Waals surface area (Å²) in [6.07, 6.45) is 0. The highest BCUT2D eigenvalue weighted by Gasteiger charge is 2.25. The highest BCUT2D eigenvalue weighted by molar-refractivity contribution is 14.1. The highest BCUT2D eigenvalue weighted by atomic mass is 127. The molecule has 0 fully saturated rings. The third kappa shape index (κ3) is 4.27. The minimum atomic E-state index is -0.516. The van der Waals surface area contributed by atoms with Crippen molar-refractivity contribution in [3.63, 3.8) is 0 Å². The van der Waals surface area contributed by atoms with Crippen LogP contribution in [0.5, 0.6) is 0 Å². The number of nitrogens with two attached hydrogens (primary N) is 1. The average Bonchev–Trinajstić information content (AvgIpc) is 2.27. The molecule has 0 aliphatic rings. The van der Waals surface area contributed by atoms with Gasteiger partial charge >= 0.3 is 0 Å². The first kappa shape index (κ1) is 14.4. The first-order valence-electron chi connectivity index (χ1n) is 5.61. The van der Waals surface area contributed by atoms with Crippen LogP contribution in [0.25, 0.3) is 0 Å². The number of primary amides is 1. The fourth-order valence-electron chi connectivity index (χ4n) is 1.36. The van der Waals surface area contributed by atoms with Crippen LogP contribution < -0.4 is 11.1 Å². The predicted molar refractivity (Wildman–Crippen MR) is 78.6 cm³/mol. The highest BCUT2D eigenvalue weighted by Crippen LogP contribution is 2.18. The third-order valence-electron chi connectivity index (χ3n) is 2.89. The maximum absolute atomic E-state index is 11.2. The lowest BCUT2D eigenvalue weighted by Gasteiger charge is -2.24. The molecule has 0 saturated heterocycles. The van der Waals surface area contributed by atoms with E-state index in [0.29, 0.717) is 6.54 Å². The maximum atomic E-state index is 11.2. The van der Waals surface area contributed by atoms with Gasteiger partial charge in [-0.2, -0.15) is 0 Å². The molecular formula is C13H19IN2O. The molecule has 1 amide bonds. The van der Waals surface area contributed by atoms with E-state index in [-0.39, 0.29) is 11.9 Å². The van der Waals surface area contributed by atoms with Crippen molar-refractivity contribution in [2.45, 2.75) is 26.8 Å². The van der Waals surface area contributed by atoms with E-state index < -0.39 is 5.41 Å². The number of amides is 1.